The van der Waals surface area contributed by atoms with Crippen LogP contribution in [0.3, 0.4) is 0 Å². The Labute approximate surface area is 174 Å². The van der Waals surface area contributed by atoms with E-state index in [0.29, 0.717) is 37.3 Å². The summed E-state index contributed by atoms with van der Waals surface area (Å²) in [5.74, 6) is 1.65. The summed E-state index contributed by atoms with van der Waals surface area (Å²) in [5, 5.41) is 6.01. The Kier molecular flexibility index (Phi) is 10.6. The molecule has 6 heteroatoms. The van der Waals surface area contributed by atoms with E-state index in [1.54, 1.807) is 0 Å². The highest BCUT2D eigenvalue weighted by Crippen LogP contribution is 2.27. The third-order valence-corrected chi connectivity index (χ3v) is 5.03. The lowest BCUT2D eigenvalue weighted by atomic mass is 9.99. The number of benzene rings is 1. The standard InChI is InChI=1S/C20H32N4O.HI/c1-3-15(2)17-8-10-18(11-9-17)24-20(21)23-13-12-22-19(25)14-16-6-4-5-7-16;/h8-11,15-16H,3-7,12-14H2,1-2H3,(H,22,25)(H3,21,23,24);1H. The van der Waals surface area contributed by atoms with Crippen LogP contribution in [0.4, 0.5) is 5.69 Å². The Morgan fingerprint density at radius 3 is 2.54 bits per heavy atom. The molecule has 1 fully saturated rings. The van der Waals surface area contributed by atoms with Gasteiger partial charge in [-0.05, 0) is 48.8 Å². The number of amides is 1. The molecule has 1 aromatic rings. The Bertz CT molecular complexity index is 568. The highest BCUT2D eigenvalue weighted by molar-refractivity contribution is 14.0. The largest absolute Gasteiger partial charge is 0.370 e. The van der Waals surface area contributed by atoms with Gasteiger partial charge in [0.15, 0.2) is 5.96 Å². The van der Waals surface area contributed by atoms with Crippen molar-refractivity contribution in [2.75, 3.05) is 18.4 Å². The van der Waals surface area contributed by atoms with Gasteiger partial charge in [-0.1, -0.05) is 38.8 Å². The maximum atomic E-state index is 11.8. The fourth-order valence-electron chi connectivity index (χ4n) is 3.24. The maximum absolute atomic E-state index is 11.8. The smallest absolute Gasteiger partial charge is 0.220 e. The summed E-state index contributed by atoms with van der Waals surface area (Å²) in [5.41, 5.74) is 8.16. The summed E-state index contributed by atoms with van der Waals surface area (Å²) in [6.07, 6.45) is 6.70. The van der Waals surface area contributed by atoms with E-state index in [4.69, 9.17) is 5.73 Å². The minimum absolute atomic E-state index is 0. The van der Waals surface area contributed by atoms with Crippen LogP contribution in [0.5, 0.6) is 0 Å². The minimum Gasteiger partial charge on any atom is -0.370 e. The van der Waals surface area contributed by atoms with Crippen LogP contribution in [0.15, 0.2) is 29.3 Å². The minimum atomic E-state index is 0. The van der Waals surface area contributed by atoms with Gasteiger partial charge < -0.3 is 16.4 Å². The summed E-state index contributed by atoms with van der Waals surface area (Å²) >= 11 is 0. The molecule has 1 aromatic carbocycles. The molecule has 0 heterocycles. The van der Waals surface area contributed by atoms with Gasteiger partial charge in [0.1, 0.15) is 0 Å². The summed E-state index contributed by atoms with van der Waals surface area (Å²) < 4.78 is 0. The zero-order valence-electron chi connectivity index (χ0n) is 16.0. The Morgan fingerprint density at radius 1 is 1.27 bits per heavy atom. The molecule has 1 saturated carbocycles. The van der Waals surface area contributed by atoms with E-state index in [1.165, 1.54) is 31.2 Å². The highest BCUT2D eigenvalue weighted by Gasteiger charge is 2.17. The maximum Gasteiger partial charge on any atom is 0.220 e. The third kappa shape index (κ3) is 7.93. The van der Waals surface area contributed by atoms with Gasteiger partial charge in [0, 0.05) is 18.7 Å². The first-order chi connectivity index (χ1) is 12.1. The Morgan fingerprint density at radius 2 is 1.92 bits per heavy atom. The zero-order chi connectivity index (χ0) is 18.1. The van der Waals surface area contributed by atoms with Crippen molar-refractivity contribution in [2.24, 2.45) is 16.6 Å². The van der Waals surface area contributed by atoms with Gasteiger partial charge in [-0.15, -0.1) is 24.0 Å². The lowest BCUT2D eigenvalue weighted by Gasteiger charge is -2.11. The molecule has 0 aliphatic heterocycles. The van der Waals surface area contributed by atoms with Crippen molar-refractivity contribution >= 4 is 41.5 Å². The first-order valence-electron chi connectivity index (χ1n) is 9.52. The number of nitrogens with one attached hydrogen (secondary N) is 2. The van der Waals surface area contributed by atoms with E-state index < -0.39 is 0 Å². The van der Waals surface area contributed by atoms with Crippen LogP contribution in [0.2, 0.25) is 0 Å². The number of carbonyl (C=O) groups is 1. The summed E-state index contributed by atoms with van der Waals surface area (Å²) in [6, 6.07) is 8.28. The van der Waals surface area contributed by atoms with Gasteiger partial charge in [0.25, 0.3) is 0 Å². The van der Waals surface area contributed by atoms with Gasteiger partial charge in [-0.3, -0.25) is 9.79 Å². The number of carbonyl (C=O) groups excluding carboxylic acids is 1. The molecule has 4 N–H and O–H groups in total. The first-order valence-corrected chi connectivity index (χ1v) is 9.52. The van der Waals surface area contributed by atoms with Crippen LogP contribution in [0, 0.1) is 5.92 Å². The SMILES string of the molecule is CCC(C)c1ccc(NC(N)=NCCNC(=O)CC2CCCC2)cc1.I. The van der Waals surface area contributed by atoms with Crippen LogP contribution in [-0.2, 0) is 4.79 Å². The average Bonchev–Trinajstić information content (AvgIpc) is 3.11. The predicted octanol–water partition coefficient (Wildman–Crippen LogP) is 4.24. The molecule has 146 valence electrons. The number of hydrogen-bond donors (Lipinski definition) is 3. The summed E-state index contributed by atoms with van der Waals surface area (Å²) in [6.45, 7) is 5.42. The fourth-order valence-corrected chi connectivity index (χ4v) is 3.24. The molecule has 0 radical (unpaired) electrons. The molecule has 0 bridgehead atoms. The van der Waals surface area contributed by atoms with Crippen molar-refractivity contribution in [3.05, 3.63) is 29.8 Å². The van der Waals surface area contributed by atoms with Crippen LogP contribution < -0.4 is 16.4 Å². The van der Waals surface area contributed by atoms with Gasteiger partial charge in [-0.25, -0.2) is 0 Å². The summed E-state index contributed by atoms with van der Waals surface area (Å²) in [4.78, 5) is 16.1. The number of halogens is 1. The molecule has 1 aliphatic carbocycles. The molecule has 0 aromatic heterocycles. The van der Waals surface area contributed by atoms with Gasteiger partial charge >= 0.3 is 0 Å². The monoisotopic (exact) mass is 472 g/mol. The van der Waals surface area contributed by atoms with Crippen LogP contribution in [0.25, 0.3) is 0 Å². The van der Waals surface area contributed by atoms with Crippen LogP contribution >= 0.6 is 24.0 Å². The molecule has 1 unspecified atom stereocenters. The molecule has 5 nitrogen and oxygen atoms in total. The molecule has 1 amide bonds. The number of anilines is 1. The third-order valence-electron chi connectivity index (χ3n) is 5.03. The number of nitrogens with zero attached hydrogens (tertiary/aromatic N) is 1. The van der Waals surface area contributed by atoms with Crippen molar-refractivity contribution < 1.29 is 4.79 Å². The van der Waals surface area contributed by atoms with Crippen LogP contribution in [0.1, 0.15) is 63.9 Å². The second-order valence-corrected chi connectivity index (χ2v) is 7.03. The highest BCUT2D eigenvalue weighted by atomic mass is 127. The van der Waals surface area contributed by atoms with Crippen molar-refractivity contribution in [1.82, 2.24) is 5.32 Å². The van der Waals surface area contributed by atoms with Crippen molar-refractivity contribution in [3.63, 3.8) is 0 Å². The predicted molar refractivity (Wildman–Crippen MR) is 120 cm³/mol. The van der Waals surface area contributed by atoms with Crippen LogP contribution in [-0.4, -0.2) is 25.0 Å². The normalized spacial score (nSPS) is 16.0. The molecule has 2 rings (SSSR count). The van der Waals surface area contributed by atoms with E-state index in [1.807, 2.05) is 12.1 Å². The number of nitrogens with two attached hydrogens (primary N) is 1. The van der Waals surface area contributed by atoms with Gasteiger partial charge in [-0.2, -0.15) is 0 Å². The molecular weight excluding hydrogens is 439 g/mol. The van der Waals surface area contributed by atoms with Gasteiger partial charge in [0.2, 0.25) is 5.91 Å². The number of hydrogen-bond acceptors (Lipinski definition) is 2. The Balaban J connectivity index is 0.00000338. The molecule has 1 atom stereocenters. The van der Waals surface area contributed by atoms with E-state index >= 15 is 0 Å². The molecule has 0 saturated heterocycles. The van der Waals surface area contributed by atoms with E-state index in [0.717, 1.165) is 12.1 Å². The second kappa shape index (κ2) is 12.1. The van der Waals surface area contributed by atoms with E-state index in [-0.39, 0.29) is 29.9 Å². The molecule has 1 aliphatic rings. The first kappa shape index (κ1) is 22.7. The van der Waals surface area contributed by atoms with Crippen molar-refractivity contribution in [1.29, 1.82) is 0 Å². The lowest BCUT2D eigenvalue weighted by Crippen LogP contribution is -2.29. The lowest BCUT2D eigenvalue weighted by molar-refractivity contribution is -0.121. The number of rotatable bonds is 8. The van der Waals surface area contributed by atoms with Crippen molar-refractivity contribution in [3.8, 4) is 0 Å². The zero-order valence-corrected chi connectivity index (χ0v) is 18.3. The number of aliphatic imine (C=N–C) groups is 1. The quantitative estimate of drug-likeness (QED) is 0.229. The second-order valence-electron chi connectivity index (χ2n) is 7.03. The molecule has 26 heavy (non-hydrogen) atoms. The van der Waals surface area contributed by atoms with E-state index in [9.17, 15) is 4.79 Å². The summed E-state index contributed by atoms with van der Waals surface area (Å²) in [7, 11) is 0. The number of guanidine groups is 1. The van der Waals surface area contributed by atoms with Gasteiger partial charge in [0.05, 0.1) is 6.54 Å². The molecular formula is C20H33IN4O. The Hall–Kier alpha value is -1.31. The fraction of sp³-hybridized carbons (Fsp3) is 0.600. The van der Waals surface area contributed by atoms with Crippen molar-refractivity contribution in [2.45, 2.75) is 58.3 Å². The topological polar surface area (TPSA) is 79.5 Å². The van der Waals surface area contributed by atoms with E-state index in [2.05, 4.69) is 41.6 Å². The average molecular weight is 472 g/mol. The molecule has 0 spiro atoms.